The summed E-state index contributed by atoms with van der Waals surface area (Å²) < 4.78 is 0. The molecule has 4 nitrogen and oxygen atoms in total. The van der Waals surface area contributed by atoms with E-state index in [-0.39, 0.29) is 29.9 Å². The third kappa shape index (κ3) is 4.21. The topological polar surface area (TPSA) is 49.4 Å². The molecule has 0 aliphatic carbocycles. The summed E-state index contributed by atoms with van der Waals surface area (Å²) in [6.07, 6.45) is 5.08. The number of imide groups is 1. The van der Waals surface area contributed by atoms with Crippen molar-refractivity contribution in [1.29, 1.82) is 0 Å². The highest BCUT2D eigenvalue weighted by Crippen LogP contribution is 2.20. The molecular weight excluding hydrogens is 260 g/mol. The van der Waals surface area contributed by atoms with Crippen LogP contribution in [0.15, 0.2) is 0 Å². The minimum atomic E-state index is -0.315. The zero-order valence-corrected chi connectivity index (χ0v) is 13.3. The average Bonchev–Trinajstić information content (AvgIpc) is 2.65. The molecule has 0 saturated carbocycles. The van der Waals surface area contributed by atoms with Gasteiger partial charge >= 0.3 is 0 Å². The highest BCUT2D eigenvalue weighted by molar-refractivity contribution is 7.98. The van der Waals surface area contributed by atoms with Gasteiger partial charge in [0, 0.05) is 12.1 Å². The monoisotopic (exact) mass is 286 g/mol. The van der Waals surface area contributed by atoms with Crippen LogP contribution in [0.5, 0.6) is 0 Å². The minimum Gasteiger partial charge on any atom is -0.303 e. The summed E-state index contributed by atoms with van der Waals surface area (Å²) in [4.78, 5) is 25.8. The van der Waals surface area contributed by atoms with Crippen molar-refractivity contribution in [3.05, 3.63) is 0 Å². The van der Waals surface area contributed by atoms with Crippen molar-refractivity contribution in [1.82, 2.24) is 10.2 Å². The lowest BCUT2D eigenvalue weighted by Crippen LogP contribution is -2.45. The predicted molar refractivity (Wildman–Crippen MR) is 80.2 cm³/mol. The molecule has 0 spiro atoms. The van der Waals surface area contributed by atoms with Crippen molar-refractivity contribution in [2.75, 3.05) is 12.0 Å². The molecule has 1 saturated heterocycles. The highest BCUT2D eigenvalue weighted by atomic mass is 32.2. The summed E-state index contributed by atoms with van der Waals surface area (Å²) in [6, 6.07) is 0.0223. The van der Waals surface area contributed by atoms with Gasteiger partial charge in [-0.25, -0.2) is 0 Å². The Kier molecular flexibility index (Phi) is 6.86. The molecule has 1 fully saturated rings. The number of nitrogens with one attached hydrogen (secondary N) is 1. The van der Waals surface area contributed by atoms with E-state index in [1.165, 1.54) is 4.90 Å². The summed E-state index contributed by atoms with van der Waals surface area (Å²) in [6.45, 7) is 6.13. The maximum absolute atomic E-state index is 12.3. The Morgan fingerprint density at radius 1 is 1.37 bits per heavy atom. The smallest absolute Gasteiger partial charge is 0.247 e. The van der Waals surface area contributed by atoms with E-state index in [0.29, 0.717) is 6.42 Å². The van der Waals surface area contributed by atoms with Crippen LogP contribution in [0.1, 0.15) is 46.5 Å². The van der Waals surface area contributed by atoms with E-state index in [9.17, 15) is 9.59 Å². The van der Waals surface area contributed by atoms with E-state index in [2.05, 4.69) is 18.5 Å². The quantitative estimate of drug-likeness (QED) is 0.694. The molecule has 1 N–H and O–H groups in total. The van der Waals surface area contributed by atoms with Crippen LogP contribution in [0.4, 0.5) is 0 Å². The Bertz CT molecular complexity index is 319. The van der Waals surface area contributed by atoms with Gasteiger partial charge in [-0.15, -0.1) is 0 Å². The molecular formula is C14H26N2O2S. The van der Waals surface area contributed by atoms with E-state index in [1.54, 1.807) is 11.8 Å². The summed E-state index contributed by atoms with van der Waals surface area (Å²) in [5, 5.41) is 3.30. The van der Waals surface area contributed by atoms with Gasteiger partial charge in [-0.1, -0.05) is 13.8 Å². The number of amides is 2. The van der Waals surface area contributed by atoms with Crippen LogP contribution in [0.25, 0.3) is 0 Å². The van der Waals surface area contributed by atoms with Gasteiger partial charge in [0.25, 0.3) is 0 Å². The summed E-state index contributed by atoms with van der Waals surface area (Å²) >= 11 is 1.80. The van der Waals surface area contributed by atoms with Gasteiger partial charge < -0.3 is 5.32 Å². The lowest BCUT2D eigenvalue weighted by molar-refractivity contribution is -0.141. The van der Waals surface area contributed by atoms with Gasteiger partial charge in [0.05, 0.1) is 12.5 Å². The maximum Gasteiger partial charge on any atom is 0.247 e. The van der Waals surface area contributed by atoms with E-state index in [4.69, 9.17) is 0 Å². The zero-order valence-electron chi connectivity index (χ0n) is 12.4. The van der Waals surface area contributed by atoms with Crippen LogP contribution in [0.2, 0.25) is 0 Å². The first-order valence-electron chi connectivity index (χ1n) is 7.15. The first kappa shape index (κ1) is 16.5. The highest BCUT2D eigenvalue weighted by Gasteiger charge is 2.41. The van der Waals surface area contributed by atoms with E-state index in [0.717, 1.165) is 25.0 Å². The molecule has 1 aliphatic heterocycles. The van der Waals surface area contributed by atoms with Crippen LogP contribution >= 0.6 is 11.8 Å². The van der Waals surface area contributed by atoms with Crippen molar-refractivity contribution in [3.8, 4) is 0 Å². The van der Waals surface area contributed by atoms with Crippen LogP contribution in [-0.4, -0.2) is 46.8 Å². The number of likely N-dealkylation sites (tertiary alicyclic amines) is 1. The fourth-order valence-corrected chi connectivity index (χ4v) is 3.13. The molecule has 1 aliphatic rings. The van der Waals surface area contributed by atoms with Gasteiger partial charge in [-0.2, -0.15) is 11.8 Å². The van der Waals surface area contributed by atoms with Gasteiger partial charge in [0.2, 0.25) is 11.8 Å². The van der Waals surface area contributed by atoms with Crippen LogP contribution < -0.4 is 5.32 Å². The SMILES string of the molecule is CCC(CC)N1C(=O)CC(NC(C)CCSC)C1=O. The molecule has 2 amide bonds. The molecule has 5 heteroatoms. The molecule has 0 aromatic heterocycles. The first-order valence-corrected chi connectivity index (χ1v) is 8.55. The number of carbonyl (C=O) groups is 2. The van der Waals surface area contributed by atoms with Crippen molar-refractivity contribution >= 4 is 23.6 Å². The molecule has 0 aromatic rings. The Morgan fingerprint density at radius 2 is 2.00 bits per heavy atom. The van der Waals surface area contributed by atoms with Crippen molar-refractivity contribution in [2.45, 2.75) is 64.6 Å². The second-order valence-corrected chi connectivity index (χ2v) is 6.16. The number of rotatable bonds is 8. The third-order valence-corrected chi connectivity index (χ3v) is 4.38. The fraction of sp³-hybridized carbons (Fsp3) is 0.857. The largest absolute Gasteiger partial charge is 0.303 e. The molecule has 19 heavy (non-hydrogen) atoms. The Hall–Kier alpha value is -0.550. The van der Waals surface area contributed by atoms with Gasteiger partial charge in [0.15, 0.2) is 0 Å². The van der Waals surface area contributed by atoms with Crippen LogP contribution in [-0.2, 0) is 9.59 Å². The van der Waals surface area contributed by atoms with Gasteiger partial charge in [0.1, 0.15) is 0 Å². The standard InChI is InChI=1S/C14H26N2O2S/c1-5-11(6-2)16-13(17)9-12(14(16)18)15-10(3)7-8-19-4/h10-12,15H,5-9H2,1-4H3. The van der Waals surface area contributed by atoms with E-state index in [1.807, 2.05) is 13.8 Å². The van der Waals surface area contributed by atoms with Crippen LogP contribution in [0, 0.1) is 0 Å². The Morgan fingerprint density at radius 3 is 2.53 bits per heavy atom. The van der Waals surface area contributed by atoms with Crippen LogP contribution in [0.3, 0.4) is 0 Å². The third-order valence-electron chi connectivity index (χ3n) is 3.73. The summed E-state index contributed by atoms with van der Waals surface area (Å²) in [7, 11) is 0. The van der Waals surface area contributed by atoms with Gasteiger partial charge in [-0.05, 0) is 38.2 Å². The lowest BCUT2D eigenvalue weighted by atomic mass is 10.1. The van der Waals surface area contributed by atoms with Crippen molar-refractivity contribution in [3.63, 3.8) is 0 Å². The normalized spacial score (nSPS) is 21.5. The number of hydrogen-bond acceptors (Lipinski definition) is 4. The molecule has 2 atom stereocenters. The number of hydrogen-bond donors (Lipinski definition) is 1. The molecule has 2 unspecified atom stereocenters. The summed E-state index contributed by atoms with van der Waals surface area (Å²) in [5.41, 5.74) is 0. The molecule has 0 bridgehead atoms. The Labute approximate surface area is 120 Å². The number of carbonyl (C=O) groups excluding carboxylic acids is 2. The van der Waals surface area contributed by atoms with Gasteiger partial charge in [-0.3, -0.25) is 14.5 Å². The molecule has 1 rings (SSSR count). The average molecular weight is 286 g/mol. The van der Waals surface area contributed by atoms with Crippen molar-refractivity contribution in [2.24, 2.45) is 0 Å². The second-order valence-electron chi connectivity index (χ2n) is 5.18. The van der Waals surface area contributed by atoms with Crippen molar-refractivity contribution < 1.29 is 9.59 Å². The fourth-order valence-electron chi connectivity index (χ4n) is 2.54. The number of nitrogens with zero attached hydrogens (tertiary/aromatic N) is 1. The predicted octanol–water partition coefficient (Wildman–Crippen LogP) is 2.03. The molecule has 110 valence electrons. The molecule has 0 aromatic carbocycles. The maximum atomic E-state index is 12.3. The zero-order chi connectivity index (χ0) is 14.4. The molecule has 1 heterocycles. The first-order chi connectivity index (χ1) is 9.04. The Balaban J connectivity index is 2.59. The van der Waals surface area contributed by atoms with E-state index < -0.39 is 0 Å². The minimum absolute atomic E-state index is 0.0201. The molecule has 0 radical (unpaired) electrons. The second kappa shape index (κ2) is 7.90. The lowest BCUT2D eigenvalue weighted by Gasteiger charge is -2.25. The summed E-state index contributed by atoms with van der Waals surface area (Å²) in [5.74, 6) is 1.02. The van der Waals surface area contributed by atoms with E-state index >= 15 is 0 Å². The number of thioether (sulfide) groups is 1.